The normalized spacial score (nSPS) is 12.2. The molecule has 1 aliphatic heterocycles. The number of nitrogens with zero attached hydrogens (tertiary/aromatic N) is 3. The van der Waals surface area contributed by atoms with Gasteiger partial charge in [-0.2, -0.15) is 0 Å². The highest BCUT2D eigenvalue weighted by atomic mass is 35.5. The van der Waals surface area contributed by atoms with Gasteiger partial charge in [0.05, 0.1) is 20.8 Å². The van der Waals surface area contributed by atoms with Crippen LogP contribution in [0.2, 0.25) is 0 Å². The smallest absolute Gasteiger partial charge is 0.201 e. The molecule has 0 bridgehead atoms. The first-order valence-corrected chi connectivity index (χ1v) is 7.38. The molecule has 0 atom stereocenters. The first-order valence-electron chi connectivity index (χ1n) is 6.57. The van der Waals surface area contributed by atoms with Crippen molar-refractivity contribution in [2.45, 2.75) is 0 Å². The predicted octanol–water partition coefficient (Wildman–Crippen LogP) is -0.497. The lowest BCUT2D eigenvalue weighted by Gasteiger charge is -2.13. The molecule has 5 heteroatoms. The van der Waals surface area contributed by atoms with Crippen molar-refractivity contribution in [2.75, 3.05) is 33.1 Å². The van der Waals surface area contributed by atoms with Crippen LogP contribution in [-0.4, -0.2) is 33.2 Å². The van der Waals surface area contributed by atoms with Gasteiger partial charge in [0.1, 0.15) is 14.1 Å². The van der Waals surface area contributed by atoms with Crippen LogP contribution >= 0.6 is 11.3 Å². The van der Waals surface area contributed by atoms with E-state index in [0.717, 1.165) is 11.2 Å². The van der Waals surface area contributed by atoms with E-state index >= 15 is 0 Å². The molecule has 1 heterocycles. The Kier molecular flexibility index (Phi) is 4.49. The summed E-state index contributed by atoms with van der Waals surface area (Å²) in [6, 6.07) is 12.8. The van der Waals surface area contributed by atoms with Crippen molar-refractivity contribution in [3.05, 3.63) is 41.8 Å². The number of rotatable bonds is 1. The first-order chi connectivity index (χ1) is 9.54. The van der Waals surface area contributed by atoms with Crippen LogP contribution in [0.5, 0.6) is 0 Å². The van der Waals surface area contributed by atoms with E-state index in [2.05, 4.69) is 74.1 Å². The van der Waals surface area contributed by atoms with E-state index in [0.29, 0.717) is 0 Å². The summed E-state index contributed by atoms with van der Waals surface area (Å²) in [7, 11) is 8.24. The Morgan fingerprint density at radius 3 is 2.48 bits per heavy atom. The number of fused-ring (bicyclic) bond motifs is 2. The zero-order chi connectivity index (χ0) is 14.3. The molecule has 0 radical (unpaired) electrons. The fourth-order valence-corrected chi connectivity index (χ4v) is 3.19. The lowest BCUT2D eigenvalue weighted by molar-refractivity contribution is -0.00000410. The van der Waals surface area contributed by atoms with E-state index in [1.165, 1.54) is 20.6 Å². The van der Waals surface area contributed by atoms with Crippen LogP contribution in [0.1, 0.15) is 0 Å². The van der Waals surface area contributed by atoms with Gasteiger partial charge in [-0.05, 0) is 24.3 Å². The Hall–Kier alpha value is -1.65. The molecule has 0 saturated heterocycles. The van der Waals surface area contributed by atoms with Gasteiger partial charge in [0.25, 0.3) is 0 Å². The summed E-state index contributed by atoms with van der Waals surface area (Å²) in [4.78, 5) is 8.09. The summed E-state index contributed by atoms with van der Waals surface area (Å²) in [6.45, 7) is 0. The molecular formula is C16H18ClN3S. The maximum atomic E-state index is 4.75. The Morgan fingerprint density at radius 1 is 1.05 bits per heavy atom. The molecule has 21 heavy (non-hydrogen) atoms. The molecule has 3 rings (SSSR count). The number of hydrogen-bond donors (Lipinski definition) is 0. The predicted molar refractivity (Wildman–Crippen MR) is 87.7 cm³/mol. The third-order valence-corrected chi connectivity index (χ3v) is 4.47. The van der Waals surface area contributed by atoms with Crippen LogP contribution in [0.25, 0.3) is 20.8 Å². The van der Waals surface area contributed by atoms with Crippen LogP contribution in [0, 0.1) is 0 Å². The number of aromatic nitrogens is 1. The van der Waals surface area contributed by atoms with Crippen molar-refractivity contribution >= 4 is 27.2 Å². The van der Waals surface area contributed by atoms with Crippen LogP contribution in [0.3, 0.4) is 0 Å². The standard InChI is InChI=1S/C16H18N3S.ClH/c1-18(2)11-5-7-13-15(9-11)20-16-10-12(19(3)4)6-8-14(16)17-13;/h5-10H,1-4H3;1H/q+1;/p-1/i1-1;. The molecule has 0 fully saturated rings. The van der Waals surface area contributed by atoms with Crippen LogP contribution in [0.15, 0.2) is 36.4 Å². The van der Waals surface area contributed by atoms with Crippen molar-refractivity contribution in [2.24, 2.45) is 0 Å². The third kappa shape index (κ3) is 3.01. The van der Waals surface area contributed by atoms with E-state index < -0.39 is 0 Å². The summed E-state index contributed by atoms with van der Waals surface area (Å²) in [5.41, 5.74) is 3.33. The highest BCUT2D eigenvalue weighted by molar-refractivity contribution is 7.21. The number of hydrogen-bond acceptors (Lipinski definition) is 3. The van der Waals surface area contributed by atoms with Gasteiger partial charge in [-0.25, -0.2) is 9.56 Å². The monoisotopic (exact) mass is 318 g/mol. The molecule has 1 aromatic rings. The van der Waals surface area contributed by atoms with Gasteiger partial charge >= 0.3 is 0 Å². The molecule has 0 saturated carbocycles. The summed E-state index contributed by atoms with van der Waals surface area (Å²) in [5, 5.41) is 1.21. The maximum Gasteiger partial charge on any atom is 0.201 e. The van der Waals surface area contributed by atoms with Crippen molar-refractivity contribution in [3.63, 3.8) is 0 Å². The Morgan fingerprint density at radius 2 is 1.81 bits per heavy atom. The third-order valence-electron chi connectivity index (χ3n) is 3.38. The van der Waals surface area contributed by atoms with Crippen molar-refractivity contribution in [1.29, 1.82) is 0 Å². The number of halogens is 1. The fraction of sp³-hybridized carbons (Fsp3) is 0.250. The van der Waals surface area contributed by atoms with E-state index in [-0.39, 0.29) is 12.4 Å². The molecule has 1 aromatic carbocycles. The quantitative estimate of drug-likeness (QED) is 0.445. The molecule has 110 valence electrons. The van der Waals surface area contributed by atoms with Gasteiger partial charge in [-0.1, -0.05) is 0 Å². The minimum absolute atomic E-state index is 0. The first kappa shape index (κ1) is 15.7. The average molecular weight is 319 g/mol. The van der Waals surface area contributed by atoms with Gasteiger partial charge in [0.2, 0.25) is 5.36 Å². The summed E-state index contributed by atoms with van der Waals surface area (Å²) >= 11 is 1.80. The van der Waals surface area contributed by atoms with Crippen LogP contribution in [0.4, 0.5) is 5.69 Å². The minimum Gasteiger partial charge on any atom is -1.00 e. The number of anilines is 1. The topological polar surface area (TPSA) is 19.1 Å². The largest absolute Gasteiger partial charge is 1.00 e. The average Bonchev–Trinajstić information content (AvgIpc) is 2.43. The molecule has 0 aromatic heterocycles. The highest BCUT2D eigenvalue weighted by Crippen LogP contribution is 2.31. The molecule has 0 spiro atoms. The molecule has 0 N–H and O–H groups in total. The van der Waals surface area contributed by atoms with Gasteiger partial charge in [-0.15, -0.1) is 11.3 Å². The molecule has 1 aliphatic carbocycles. The zero-order valence-corrected chi connectivity index (χ0v) is 14.2. The van der Waals surface area contributed by atoms with E-state index in [1.54, 1.807) is 11.3 Å². The SMILES string of the molecule is CN(C)c1ccc2nc3ccc(=[N+](C)[11CH3])cc-3sc2c1.[Cl-]. The van der Waals surface area contributed by atoms with Gasteiger partial charge in [0.15, 0.2) is 0 Å². The number of benzene rings is 2. The van der Waals surface area contributed by atoms with E-state index in [4.69, 9.17) is 4.98 Å². The molecule has 0 unspecified atom stereocenters. The lowest BCUT2D eigenvalue weighted by atomic mass is 10.2. The summed E-state index contributed by atoms with van der Waals surface area (Å²) in [5.74, 6) is 0. The van der Waals surface area contributed by atoms with E-state index in [1.807, 2.05) is 0 Å². The second-order valence-electron chi connectivity index (χ2n) is 5.31. The van der Waals surface area contributed by atoms with Gasteiger partial charge < -0.3 is 17.3 Å². The highest BCUT2D eigenvalue weighted by Gasteiger charge is 2.09. The Labute approximate surface area is 134 Å². The Bertz CT molecular complexity index is 819. The molecule has 0 amide bonds. The summed E-state index contributed by atoms with van der Waals surface area (Å²) < 4.78 is 3.34. The minimum atomic E-state index is 0. The van der Waals surface area contributed by atoms with Gasteiger partial charge in [-0.3, -0.25) is 0 Å². The zero-order valence-electron chi connectivity index (χ0n) is 12.6. The fourth-order valence-electron chi connectivity index (χ4n) is 2.16. The maximum absolute atomic E-state index is 4.75. The van der Waals surface area contributed by atoms with Crippen LogP contribution < -0.4 is 27.2 Å². The lowest BCUT2D eigenvalue weighted by Crippen LogP contribution is -3.00. The summed E-state index contributed by atoms with van der Waals surface area (Å²) in [6.07, 6.45) is 0. The van der Waals surface area contributed by atoms with Crippen LogP contribution in [-0.2, 0) is 0 Å². The van der Waals surface area contributed by atoms with Crippen molar-refractivity contribution in [3.8, 4) is 10.6 Å². The second-order valence-corrected chi connectivity index (χ2v) is 6.39. The van der Waals surface area contributed by atoms with Crippen molar-refractivity contribution in [1.82, 2.24) is 9.56 Å². The van der Waals surface area contributed by atoms with Gasteiger partial charge in [0, 0.05) is 31.9 Å². The van der Waals surface area contributed by atoms with E-state index in [9.17, 15) is 0 Å². The van der Waals surface area contributed by atoms with Crippen molar-refractivity contribution < 1.29 is 12.4 Å². The molecule has 2 aliphatic rings. The second kappa shape index (κ2) is 6.00. The molecular weight excluding hydrogens is 301 g/mol. The Balaban J connectivity index is 0.00000161. The molecule has 3 nitrogen and oxygen atoms in total.